The predicted molar refractivity (Wildman–Crippen MR) is 34.5 cm³/mol. The second-order valence-electron chi connectivity index (χ2n) is 1.56. The average molecular weight is 167 g/mol. The molecule has 0 aliphatic heterocycles. The summed E-state index contributed by atoms with van der Waals surface area (Å²) in [4.78, 5) is 0. The third-order valence-corrected chi connectivity index (χ3v) is 0.854. The van der Waals surface area contributed by atoms with Crippen LogP contribution >= 0.6 is 0 Å². The van der Waals surface area contributed by atoms with Gasteiger partial charge in [-0.1, -0.05) is 26.2 Å². The van der Waals surface area contributed by atoms with Crippen molar-refractivity contribution in [3.63, 3.8) is 0 Å². The van der Waals surface area contributed by atoms with Gasteiger partial charge < -0.3 is 18.8 Å². The smallest absolute Gasteiger partial charge is 0.512 e. The molecule has 0 aromatic carbocycles. The van der Waals surface area contributed by atoms with Crippen LogP contribution < -0.4 is 0 Å². The summed E-state index contributed by atoms with van der Waals surface area (Å²) in [6, 6.07) is 0. The Kier molecular flexibility index (Phi) is 43.5. The standard InChI is InChI=1S/C6H13.CN.Fe/c1-3-5-6-4-2;1-2;/h1,3-6H2,2H3;;/q2*-1;+2. The van der Waals surface area contributed by atoms with Crippen LogP contribution in [0.5, 0.6) is 0 Å². The van der Waals surface area contributed by atoms with Gasteiger partial charge in [0.25, 0.3) is 0 Å². The molecule has 1 nitrogen and oxygen atoms in total. The van der Waals surface area contributed by atoms with Gasteiger partial charge in [0.15, 0.2) is 0 Å². The molecule has 0 N–H and O–H groups in total. The van der Waals surface area contributed by atoms with Gasteiger partial charge in [0.2, 0.25) is 0 Å². The molecular weight excluding hydrogens is 154 g/mol. The van der Waals surface area contributed by atoms with Crippen LogP contribution in [0.3, 0.4) is 0 Å². The molecule has 9 heavy (non-hydrogen) atoms. The van der Waals surface area contributed by atoms with Crippen LogP contribution in [0.15, 0.2) is 0 Å². The molecule has 0 unspecified atom stereocenters. The zero-order chi connectivity index (χ0) is 6.83. The van der Waals surface area contributed by atoms with E-state index in [1.807, 2.05) is 0 Å². The summed E-state index contributed by atoms with van der Waals surface area (Å²) in [7, 11) is 0. The van der Waals surface area contributed by atoms with Gasteiger partial charge in [0.1, 0.15) is 0 Å². The molecule has 0 radical (unpaired) electrons. The first-order valence-electron chi connectivity index (χ1n) is 2.93. The molecule has 0 atom stereocenters. The third-order valence-electron chi connectivity index (χ3n) is 0.854. The van der Waals surface area contributed by atoms with Crippen molar-refractivity contribution in [2.75, 3.05) is 0 Å². The zero-order valence-electron chi connectivity index (χ0n) is 5.84. The van der Waals surface area contributed by atoms with Crippen LogP contribution in [0.1, 0.15) is 32.6 Å². The van der Waals surface area contributed by atoms with Crippen LogP contribution in [0, 0.1) is 18.8 Å². The van der Waals surface area contributed by atoms with Crippen LogP contribution in [-0.4, -0.2) is 0 Å². The van der Waals surface area contributed by atoms with E-state index in [0.29, 0.717) is 0 Å². The summed E-state index contributed by atoms with van der Waals surface area (Å²) in [5.41, 5.74) is 0. The molecule has 2 heteroatoms. The van der Waals surface area contributed by atoms with Crippen LogP contribution in [0.2, 0.25) is 0 Å². The van der Waals surface area contributed by atoms with Gasteiger partial charge in [-0.2, -0.15) is 6.42 Å². The van der Waals surface area contributed by atoms with Crippen molar-refractivity contribution in [3.05, 3.63) is 13.5 Å². The van der Waals surface area contributed by atoms with E-state index in [0.717, 1.165) is 6.42 Å². The minimum absolute atomic E-state index is 0. The summed E-state index contributed by atoms with van der Waals surface area (Å²) in [5.74, 6) is 0. The molecular formula is C7H13FeN. The SMILES string of the molecule is [C-]#N.[CH2-]CCCCC.[Fe+2]. The maximum absolute atomic E-state index is 6.25. The van der Waals surface area contributed by atoms with Gasteiger partial charge >= 0.3 is 17.1 Å². The summed E-state index contributed by atoms with van der Waals surface area (Å²) in [6.07, 6.45) is 5.07. The summed E-state index contributed by atoms with van der Waals surface area (Å²) < 4.78 is 0. The fourth-order valence-electron chi connectivity index (χ4n) is 0.427. The van der Waals surface area contributed by atoms with Crippen molar-refractivity contribution < 1.29 is 17.1 Å². The number of nitrogens with zero attached hydrogens (tertiary/aromatic N) is 1. The van der Waals surface area contributed by atoms with Gasteiger partial charge in [-0.3, -0.25) is 0 Å². The van der Waals surface area contributed by atoms with E-state index in [4.69, 9.17) is 11.8 Å². The van der Waals surface area contributed by atoms with E-state index in [9.17, 15) is 0 Å². The topological polar surface area (TPSA) is 23.8 Å². The fourth-order valence-corrected chi connectivity index (χ4v) is 0.427. The van der Waals surface area contributed by atoms with Crippen molar-refractivity contribution in [1.82, 2.24) is 0 Å². The molecule has 0 bridgehead atoms. The van der Waals surface area contributed by atoms with Gasteiger partial charge in [-0.05, 0) is 0 Å². The van der Waals surface area contributed by atoms with Crippen molar-refractivity contribution in [3.8, 4) is 0 Å². The van der Waals surface area contributed by atoms with E-state index in [-0.39, 0.29) is 17.1 Å². The molecule has 0 heterocycles. The van der Waals surface area contributed by atoms with Crippen molar-refractivity contribution in [2.24, 2.45) is 0 Å². The maximum atomic E-state index is 6.25. The van der Waals surface area contributed by atoms with Gasteiger partial charge in [-0.15, -0.1) is 0 Å². The van der Waals surface area contributed by atoms with E-state index < -0.39 is 0 Å². The minimum Gasteiger partial charge on any atom is -0.512 e. The Balaban J connectivity index is -0.000000109. The fraction of sp³-hybridized carbons (Fsp3) is 0.714. The minimum atomic E-state index is 0. The molecule has 0 rings (SSSR count). The van der Waals surface area contributed by atoms with Gasteiger partial charge in [0.05, 0.1) is 0 Å². The second kappa shape index (κ2) is 24.5. The van der Waals surface area contributed by atoms with Crippen molar-refractivity contribution in [1.29, 1.82) is 5.26 Å². The Hall–Kier alpha value is 0.00948. The van der Waals surface area contributed by atoms with E-state index in [2.05, 4.69) is 13.8 Å². The first-order chi connectivity index (χ1) is 3.91. The molecule has 0 aliphatic carbocycles. The monoisotopic (exact) mass is 167 g/mol. The summed E-state index contributed by atoms with van der Waals surface area (Å²) in [6.45, 7) is 10.7. The van der Waals surface area contributed by atoms with Crippen molar-refractivity contribution in [2.45, 2.75) is 32.6 Å². The van der Waals surface area contributed by atoms with E-state index >= 15 is 0 Å². The largest absolute Gasteiger partial charge is 2.00 e. The zero-order valence-corrected chi connectivity index (χ0v) is 6.94. The molecule has 0 aromatic rings. The van der Waals surface area contributed by atoms with Crippen LogP contribution in [0.25, 0.3) is 0 Å². The number of rotatable bonds is 3. The van der Waals surface area contributed by atoms with Crippen LogP contribution in [0.4, 0.5) is 0 Å². The molecule has 0 fully saturated rings. The number of unbranched alkanes of at least 4 members (excludes halogenated alkanes) is 3. The normalized spacial score (nSPS) is 6.22. The maximum Gasteiger partial charge on any atom is 2.00 e. The second-order valence-corrected chi connectivity index (χ2v) is 1.56. The van der Waals surface area contributed by atoms with Crippen LogP contribution in [-0.2, 0) is 17.1 Å². The first-order valence-corrected chi connectivity index (χ1v) is 2.93. The van der Waals surface area contributed by atoms with Crippen molar-refractivity contribution >= 4 is 0 Å². The molecule has 0 spiro atoms. The quantitative estimate of drug-likeness (QED) is 0.360. The molecule has 0 aliphatic rings. The Labute approximate surface area is 68.9 Å². The number of hydrogen-bond acceptors (Lipinski definition) is 1. The summed E-state index contributed by atoms with van der Waals surface area (Å²) in [5, 5.41) is 6.25. The Morgan fingerprint density at radius 3 is 1.89 bits per heavy atom. The molecule has 0 saturated heterocycles. The van der Waals surface area contributed by atoms with E-state index in [1.54, 1.807) is 0 Å². The Morgan fingerprint density at radius 1 is 1.33 bits per heavy atom. The molecule has 0 saturated carbocycles. The molecule has 0 aromatic heterocycles. The Bertz CT molecular complexity index is 39.4. The van der Waals surface area contributed by atoms with Gasteiger partial charge in [-0.25, -0.2) is 0 Å². The van der Waals surface area contributed by atoms with Gasteiger partial charge in [0, 0.05) is 0 Å². The Morgan fingerprint density at radius 2 is 1.78 bits per heavy atom. The summed E-state index contributed by atoms with van der Waals surface area (Å²) >= 11 is 0. The number of hydrogen-bond donors (Lipinski definition) is 0. The average Bonchev–Trinajstić information content (AvgIpc) is 1.88. The molecule has 54 valence electrons. The predicted octanol–water partition coefficient (Wildman–Crippen LogP) is 2.49. The molecule has 0 amide bonds. The first kappa shape index (κ1) is 16.0. The van der Waals surface area contributed by atoms with E-state index in [1.165, 1.54) is 19.3 Å². The third kappa shape index (κ3) is 31.9.